The number of benzene rings is 2. The van der Waals surface area contributed by atoms with Crippen molar-refractivity contribution in [3.05, 3.63) is 53.6 Å². The van der Waals surface area contributed by atoms with Gasteiger partial charge in [-0.25, -0.2) is 4.79 Å². The molecular formula is C14H10O3. The SMILES string of the molecule is O=Cc1ccc2ccccc2c1C=CC(=O)O. The summed E-state index contributed by atoms with van der Waals surface area (Å²) in [5.74, 6) is -1.03. The topological polar surface area (TPSA) is 54.4 Å². The van der Waals surface area contributed by atoms with Crippen molar-refractivity contribution in [3.8, 4) is 0 Å². The van der Waals surface area contributed by atoms with Crippen molar-refractivity contribution < 1.29 is 14.7 Å². The van der Waals surface area contributed by atoms with Gasteiger partial charge < -0.3 is 5.11 Å². The van der Waals surface area contributed by atoms with Gasteiger partial charge in [-0.3, -0.25) is 4.79 Å². The van der Waals surface area contributed by atoms with E-state index < -0.39 is 5.97 Å². The minimum absolute atomic E-state index is 0.487. The molecule has 0 heterocycles. The second kappa shape index (κ2) is 4.61. The van der Waals surface area contributed by atoms with Gasteiger partial charge in [-0.1, -0.05) is 36.4 Å². The molecule has 0 amide bonds. The van der Waals surface area contributed by atoms with Gasteiger partial charge in [0.2, 0.25) is 0 Å². The summed E-state index contributed by atoms with van der Waals surface area (Å²) in [6.07, 6.45) is 3.22. The fourth-order valence-electron chi connectivity index (χ4n) is 1.76. The van der Waals surface area contributed by atoms with Crippen molar-refractivity contribution in [3.63, 3.8) is 0 Å². The Hall–Kier alpha value is -2.42. The van der Waals surface area contributed by atoms with Crippen LogP contribution in [0, 0.1) is 0 Å². The first-order chi connectivity index (χ1) is 8.22. The summed E-state index contributed by atoms with van der Waals surface area (Å²) in [5.41, 5.74) is 1.13. The molecule has 0 aliphatic heterocycles. The third-order valence-corrected chi connectivity index (χ3v) is 2.52. The average molecular weight is 226 g/mol. The highest BCUT2D eigenvalue weighted by atomic mass is 16.4. The molecule has 1 N–H and O–H groups in total. The van der Waals surface area contributed by atoms with Crippen LogP contribution in [0.4, 0.5) is 0 Å². The molecule has 2 aromatic rings. The van der Waals surface area contributed by atoms with E-state index in [-0.39, 0.29) is 0 Å². The van der Waals surface area contributed by atoms with Crippen LogP contribution in [0.2, 0.25) is 0 Å². The van der Waals surface area contributed by atoms with Gasteiger partial charge in [-0.2, -0.15) is 0 Å². The molecule has 0 aliphatic rings. The van der Waals surface area contributed by atoms with Crippen molar-refractivity contribution in [2.24, 2.45) is 0 Å². The molecule has 3 nitrogen and oxygen atoms in total. The van der Waals surface area contributed by atoms with Gasteiger partial charge in [0.25, 0.3) is 0 Å². The van der Waals surface area contributed by atoms with Crippen LogP contribution in [0.25, 0.3) is 16.8 Å². The molecule has 3 heteroatoms. The summed E-state index contributed by atoms with van der Waals surface area (Å²) in [6.45, 7) is 0. The zero-order valence-electron chi connectivity index (χ0n) is 8.96. The smallest absolute Gasteiger partial charge is 0.328 e. The molecular weight excluding hydrogens is 216 g/mol. The first kappa shape index (κ1) is 11.1. The second-order valence-electron chi connectivity index (χ2n) is 3.58. The standard InChI is InChI=1S/C14H10O3/c15-9-11-6-5-10-3-1-2-4-12(10)13(11)7-8-14(16)17/h1-9H,(H,16,17). The Balaban J connectivity index is 2.71. The summed E-state index contributed by atoms with van der Waals surface area (Å²) in [6, 6.07) is 11.1. The second-order valence-corrected chi connectivity index (χ2v) is 3.58. The quantitative estimate of drug-likeness (QED) is 0.646. The van der Waals surface area contributed by atoms with E-state index >= 15 is 0 Å². The van der Waals surface area contributed by atoms with Crippen LogP contribution in [0.3, 0.4) is 0 Å². The Kier molecular flexibility index (Phi) is 3.01. The van der Waals surface area contributed by atoms with Gasteiger partial charge in [0.1, 0.15) is 0 Å². The van der Waals surface area contributed by atoms with E-state index in [0.29, 0.717) is 11.1 Å². The zero-order chi connectivity index (χ0) is 12.3. The summed E-state index contributed by atoms with van der Waals surface area (Å²) in [4.78, 5) is 21.5. The number of hydrogen-bond donors (Lipinski definition) is 1. The molecule has 0 saturated carbocycles. The molecule has 0 aromatic heterocycles. The third kappa shape index (κ3) is 2.23. The molecule has 0 fully saturated rings. The van der Waals surface area contributed by atoms with Crippen LogP contribution in [-0.2, 0) is 4.79 Å². The Morgan fingerprint density at radius 2 is 1.88 bits per heavy atom. The fraction of sp³-hybridized carbons (Fsp3) is 0. The number of carbonyl (C=O) groups excluding carboxylic acids is 1. The molecule has 0 saturated heterocycles. The number of fused-ring (bicyclic) bond motifs is 1. The minimum Gasteiger partial charge on any atom is -0.478 e. The number of rotatable bonds is 3. The van der Waals surface area contributed by atoms with Crippen LogP contribution >= 0.6 is 0 Å². The van der Waals surface area contributed by atoms with E-state index in [1.807, 2.05) is 30.3 Å². The van der Waals surface area contributed by atoms with E-state index in [1.165, 1.54) is 6.08 Å². The lowest BCUT2D eigenvalue weighted by atomic mass is 9.99. The predicted octanol–water partition coefficient (Wildman–Crippen LogP) is 2.75. The van der Waals surface area contributed by atoms with E-state index in [4.69, 9.17) is 5.11 Å². The lowest BCUT2D eigenvalue weighted by Crippen LogP contribution is -1.91. The monoisotopic (exact) mass is 226 g/mol. The highest BCUT2D eigenvalue weighted by Gasteiger charge is 2.04. The van der Waals surface area contributed by atoms with Crippen molar-refractivity contribution in [2.75, 3.05) is 0 Å². The van der Waals surface area contributed by atoms with Gasteiger partial charge in [-0.15, -0.1) is 0 Å². The molecule has 0 radical (unpaired) electrons. The molecule has 0 atom stereocenters. The number of aliphatic carboxylic acids is 1. The van der Waals surface area contributed by atoms with Crippen LogP contribution < -0.4 is 0 Å². The lowest BCUT2D eigenvalue weighted by molar-refractivity contribution is -0.131. The first-order valence-corrected chi connectivity index (χ1v) is 5.10. The largest absolute Gasteiger partial charge is 0.478 e. The lowest BCUT2D eigenvalue weighted by Gasteiger charge is -2.04. The molecule has 0 unspecified atom stereocenters. The number of aldehydes is 1. The summed E-state index contributed by atoms with van der Waals surface area (Å²) < 4.78 is 0. The Labute approximate surface area is 98.0 Å². The maximum absolute atomic E-state index is 10.9. The average Bonchev–Trinajstić information content (AvgIpc) is 2.35. The highest BCUT2D eigenvalue weighted by molar-refractivity contribution is 6.00. The summed E-state index contributed by atoms with van der Waals surface area (Å²) in [7, 11) is 0. The van der Waals surface area contributed by atoms with Crippen LogP contribution in [0.15, 0.2) is 42.5 Å². The van der Waals surface area contributed by atoms with Gasteiger partial charge in [0, 0.05) is 11.6 Å². The molecule has 0 bridgehead atoms. The maximum atomic E-state index is 10.9. The highest BCUT2D eigenvalue weighted by Crippen LogP contribution is 2.22. The van der Waals surface area contributed by atoms with Gasteiger partial charge in [-0.05, 0) is 22.4 Å². The van der Waals surface area contributed by atoms with Crippen LogP contribution in [0.5, 0.6) is 0 Å². The summed E-state index contributed by atoms with van der Waals surface area (Å²) in [5, 5.41) is 10.5. The number of carboxylic acid groups (broad SMARTS) is 1. The number of carboxylic acids is 1. The van der Waals surface area contributed by atoms with E-state index in [2.05, 4.69) is 0 Å². The number of carbonyl (C=O) groups is 2. The van der Waals surface area contributed by atoms with Crippen LogP contribution in [-0.4, -0.2) is 17.4 Å². The van der Waals surface area contributed by atoms with E-state index in [9.17, 15) is 9.59 Å². The van der Waals surface area contributed by atoms with Crippen LogP contribution in [0.1, 0.15) is 15.9 Å². The van der Waals surface area contributed by atoms with Crippen molar-refractivity contribution in [2.45, 2.75) is 0 Å². The fourth-order valence-corrected chi connectivity index (χ4v) is 1.76. The molecule has 2 aromatic carbocycles. The van der Waals surface area contributed by atoms with Gasteiger partial charge >= 0.3 is 5.97 Å². The Morgan fingerprint density at radius 1 is 1.12 bits per heavy atom. The molecule has 17 heavy (non-hydrogen) atoms. The third-order valence-electron chi connectivity index (χ3n) is 2.52. The van der Waals surface area contributed by atoms with Crippen molar-refractivity contribution in [1.29, 1.82) is 0 Å². The minimum atomic E-state index is -1.03. The normalized spacial score (nSPS) is 10.8. The first-order valence-electron chi connectivity index (χ1n) is 5.10. The summed E-state index contributed by atoms with van der Waals surface area (Å²) >= 11 is 0. The molecule has 0 aliphatic carbocycles. The molecule has 2 rings (SSSR count). The zero-order valence-corrected chi connectivity index (χ0v) is 8.96. The maximum Gasteiger partial charge on any atom is 0.328 e. The van der Waals surface area contributed by atoms with Crippen molar-refractivity contribution >= 4 is 29.1 Å². The van der Waals surface area contributed by atoms with Gasteiger partial charge in [0.15, 0.2) is 6.29 Å². The molecule has 0 spiro atoms. The van der Waals surface area contributed by atoms with Crippen molar-refractivity contribution in [1.82, 2.24) is 0 Å². The van der Waals surface area contributed by atoms with Gasteiger partial charge in [0.05, 0.1) is 0 Å². The molecule has 84 valence electrons. The Morgan fingerprint density at radius 3 is 2.59 bits per heavy atom. The Bertz CT molecular complexity index is 612. The predicted molar refractivity (Wildman–Crippen MR) is 66.0 cm³/mol. The van der Waals surface area contributed by atoms with E-state index in [1.54, 1.807) is 6.07 Å². The van der Waals surface area contributed by atoms with E-state index in [0.717, 1.165) is 23.1 Å². The number of hydrogen-bond acceptors (Lipinski definition) is 2.